The highest BCUT2D eigenvalue weighted by Crippen LogP contribution is 2.29. The highest BCUT2D eigenvalue weighted by molar-refractivity contribution is 5.25. The summed E-state index contributed by atoms with van der Waals surface area (Å²) in [5.74, 6) is 5.80. The minimum Gasteiger partial charge on any atom is -0.375 e. The van der Waals surface area contributed by atoms with Crippen molar-refractivity contribution in [2.45, 2.75) is 44.2 Å². The number of hydrogen-bond donors (Lipinski definition) is 2. The maximum Gasteiger partial charge on any atom is 0.102 e. The standard InChI is InChI=1S/C16H24N2O/c1-19-16(14-11-7-4-8-12-14)15(18-17)13-9-5-2-3-6-10-13/h4,7-9,11-12,15-16,18H,2-3,5-6,10,17H2,1H3. The molecule has 0 radical (unpaired) electrons. The first-order chi connectivity index (χ1) is 9.36. The normalized spacial score (nSPS) is 19.4. The summed E-state index contributed by atoms with van der Waals surface area (Å²) in [6, 6.07) is 10.3. The van der Waals surface area contributed by atoms with Gasteiger partial charge in [0.1, 0.15) is 6.10 Å². The van der Waals surface area contributed by atoms with Gasteiger partial charge in [-0.1, -0.05) is 48.4 Å². The Bertz CT molecular complexity index is 402. The fraction of sp³-hybridized carbons (Fsp3) is 0.500. The average Bonchev–Trinajstić information content (AvgIpc) is 2.74. The van der Waals surface area contributed by atoms with E-state index in [0.717, 1.165) is 18.4 Å². The van der Waals surface area contributed by atoms with Crippen molar-refractivity contribution >= 4 is 0 Å². The molecule has 2 atom stereocenters. The van der Waals surface area contributed by atoms with Gasteiger partial charge in [-0.15, -0.1) is 0 Å². The number of rotatable bonds is 5. The number of allylic oxidation sites excluding steroid dienone is 1. The molecule has 2 unspecified atom stereocenters. The van der Waals surface area contributed by atoms with E-state index in [4.69, 9.17) is 10.6 Å². The molecular formula is C16H24N2O. The first-order valence-electron chi connectivity index (χ1n) is 7.09. The van der Waals surface area contributed by atoms with Gasteiger partial charge in [0.2, 0.25) is 0 Å². The van der Waals surface area contributed by atoms with Crippen LogP contribution in [0.4, 0.5) is 0 Å². The molecule has 0 aliphatic heterocycles. The second-order valence-corrected chi connectivity index (χ2v) is 5.09. The Labute approximate surface area is 115 Å². The van der Waals surface area contributed by atoms with E-state index in [0.29, 0.717) is 0 Å². The number of hydrogen-bond acceptors (Lipinski definition) is 3. The lowest BCUT2D eigenvalue weighted by Gasteiger charge is -2.28. The van der Waals surface area contributed by atoms with Crippen LogP contribution in [-0.2, 0) is 4.74 Å². The Morgan fingerprint density at radius 3 is 2.63 bits per heavy atom. The quantitative estimate of drug-likeness (QED) is 0.486. The van der Waals surface area contributed by atoms with Crippen molar-refractivity contribution in [3.8, 4) is 0 Å². The van der Waals surface area contributed by atoms with Crippen LogP contribution in [0.3, 0.4) is 0 Å². The van der Waals surface area contributed by atoms with Gasteiger partial charge in [0.15, 0.2) is 0 Å². The molecule has 2 rings (SSSR count). The zero-order valence-electron chi connectivity index (χ0n) is 11.6. The van der Waals surface area contributed by atoms with Crippen LogP contribution in [0.5, 0.6) is 0 Å². The molecule has 1 aromatic rings. The molecular weight excluding hydrogens is 236 g/mol. The molecule has 3 N–H and O–H groups in total. The number of nitrogens with one attached hydrogen (secondary N) is 1. The number of benzene rings is 1. The largest absolute Gasteiger partial charge is 0.375 e. The van der Waals surface area contributed by atoms with Crippen molar-refractivity contribution in [1.29, 1.82) is 0 Å². The smallest absolute Gasteiger partial charge is 0.102 e. The predicted octanol–water partition coefficient (Wildman–Crippen LogP) is 3.10. The molecule has 0 amide bonds. The fourth-order valence-corrected chi connectivity index (χ4v) is 2.82. The third-order valence-electron chi connectivity index (χ3n) is 3.84. The van der Waals surface area contributed by atoms with Gasteiger partial charge in [-0.25, -0.2) is 0 Å². The van der Waals surface area contributed by atoms with Gasteiger partial charge in [0, 0.05) is 7.11 Å². The Balaban J connectivity index is 2.21. The Hall–Kier alpha value is -1.16. The van der Waals surface area contributed by atoms with Crippen LogP contribution in [0.15, 0.2) is 42.0 Å². The van der Waals surface area contributed by atoms with E-state index in [2.05, 4.69) is 23.6 Å². The predicted molar refractivity (Wildman–Crippen MR) is 78.5 cm³/mol. The summed E-state index contributed by atoms with van der Waals surface area (Å²) in [7, 11) is 1.75. The first kappa shape index (κ1) is 14.3. The molecule has 1 aliphatic carbocycles. The SMILES string of the molecule is COC(c1ccccc1)C(NN)C1=CCCCCC1. The lowest BCUT2D eigenvalue weighted by molar-refractivity contribution is 0.0776. The molecule has 3 nitrogen and oxygen atoms in total. The first-order valence-corrected chi connectivity index (χ1v) is 7.09. The summed E-state index contributed by atoms with van der Waals surface area (Å²) >= 11 is 0. The Morgan fingerprint density at radius 1 is 1.16 bits per heavy atom. The van der Waals surface area contributed by atoms with E-state index in [-0.39, 0.29) is 12.1 Å². The lowest BCUT2D eigenvalue weighted by Crippen LogP contribution is -2.42. The molecule has 0 bridgehead atoms. The Morgan fingerprint density at radius 2 is 1.95 bits per heavy atom. The van der Waals surface area contributed by atoms with Crippen LogP contribution in [0.1, 0.15) is 43.8 Å². The summed E-state index contributed by atoms with van der Waals surface area (Å²) < 4.78 is 5.70. The average molecular weight is 260 g/mol. The Kier molecular flexibility index (Phi) is 5.58. The van der Waals surface area contributed by atoms with Gasteiger partial charge in [0.25, 0.3) is 0 Å². The van der Waals surface area contributed by atoms with Gasteiger partial charge >= 0.3 is 0 Å². The fourth-order valence-electron chi connectivity index (χ4n) is 2.82. The third-order valence-corrected chi connectivity index (χ3v) is 3.84. The molecule has 0 saturated carbocycles. The minimum absolute atomic E-state index is 0.0319. The van der Waals surface area contributed by atoms with Crippen LogP contribution in [-0.4, -0.2) is 13.2 Å². The number of ether oxygens (including phenoxy) is 1. The third kappa shape index (κ3) is 3.66. The molecule has 0 aromatic heterocycles. The van der Waals surface area contributed by atoms with E-state index in [1.807, 2.05) is 18.2 Å². The van der Waals surface area contributed by atoms with Crippen LogP contribution in [0.25, 0.3) is 0 Å². The lowest BCUT2D eigenvalue weighted by atomic mass is 9.93. The van der Waals surface area contributed by atoms with Gasteiger partial charge in [-0.3, -0.25) is 11.3 Å². The van der Waals surface area contributed by atoms with E-state index in [1.54, 1.807) is 7.11 Å². The highest BCUT2D eigenvalue weighted by Gasteiger charge is 2.25. The van der Waals surface area contributed by atoms with Crippen molar-refractivity contribution in [1.82, 2.24) is 5.43 Å². The minimum atomic E-state index is -0.0319. The van der Waals surface area contributed by atoms with Crippen LogP contribution in [0, 0.1) is 0 Å². The summed E-state index contributed by atoms with van der Waals surface area (Å²) in [6.45, 7) is 0. The summed E-state index contributed by atoms with van der Waals surface area (Å²) in [5.41, 5.74) is 5.51. The summed E-state index contributed by atoms with van der Waals surface area (Å²) in [5, 5.41) is 0. The van der Waals surface area contributed by atoms with Crippen LogP contribution >= 0.6 is 0 Å². The molecule has 1 aliphatic rings. The van der Waals surface area contributed by atoms with E-state index in [1.165, 1.54) is 24.8 Å². The van der Waals surface area contributed by atoms with E-state index >= 15 is 0 Å². The number of methoxy groups -OCH3 is 1. The molecule has 0 spiro atoms. The second-order valence-electron chi connectivity index (χ2n) is 5.09. The van der Waals surface area contributed by atoms with Gasteiger partial charge in [-0.2, -0.15) is 0 Å². The second kappa shape index (κ2) is 7.43. The molecule has 0 fully saturated rings. The van der Waals surface area contributed by atoms with Crippen molar-refractivity contribution in [2.75, 3.05) is 7.11 Å². The van der Waals surface area contributed by atoms with Crippen LogP contribution in [0.2, 0.25) is 0 Å². The monoisotopic (exact) mass is 260 g/mol. The maximum absolute atomic E-state index is 5.80. The van der Waals surface area contributed by atoms with Crippen molar-refractivity contribution in [3.63, 3.8) is 0 Å². The molecule has 1 aromatic carbocycles. The van der Waals surface area contributed by atoms with Gasteiger partial charge in [0.05, 0.1) is 6.04 Å². The van der Waals surface area contributed by atoms with Crippen molar-refractivity contribution in [2.24, 2.45) is 5.84 Å². The molecule has 0 saturated heterocycles. The molecule has 0 heterocycles. The summed E-state index contributed by atoms with van der Waals surface area (Å²) in [4.78, 5) is 0. The highest BCUT2D eigenvalue weighted by atomic mass is 16.5. The van der Waals surface area contributed by atoms with E-state index in [9.17, 15) is 0 Å². The van der Waals surface area contributed by atoms with E-state index < -0.39 is 0 Å². The van der Waals surface area contributed by atoms with Gasteiger partial charge in [-0.05, 0) is 31.2 Å². The maximum atomic E-state index is 5.80. The summed E-state index contributed by atoms with van der Waals surface area (Å²) in [6.07, 6.45) is 8.40. The van der Waals surface area contributed by atoms with Crippen LogP contribution < -0.4 is 11.3 Å². The zero-order valence-corrected chi connectivity index (χ0v) is 11.6. The molecule has 19 heavy (non-hydrogen) atoms. The zero-order chi connectivity index (χ0) is 13.5. The van der Waals surface area contributed by atoms with Crippen molar-refractivity contribution < 1.29 is 4.74 Å². The number of hydrazine groups is 1. The molecule has 104 valence electrons. The topological polar surface area (TPSA) is 47.3 Å². The number of nitrogens with two attached hydrogens (primary N) is 1. The molecule has 3 heteroatoms. The van der Waals surface area contributed by atoms with Crippen molar-refractivity contribution in [3.05, 3.63) is 47.5 Å². The van der Waals surface area contributed by atoms with Gasteiger partial charge < -0.3 is 4.74 Å².